The van der Waals surface area contributed by atoms with Crippen molar-refractivity contribution < 1.29 is 0 Å². The minimum atomic E-state index is 0.686. The Morgan fingerprint density at radius 1 is 0.952 bits per heavy atom. The average Bonchev–Trinajstić information content (AvgIpc) is 2.57. The molecule has 2 aliphatic carbocycles. The van der Waals surface area contributed by atoms with E-state index in [-0.39, 0.29) is 0 Å². The van der Waals surface area contributed by atoms with Crippen LogP contribution in [0.5, 0.6) is 0 Å². The van der Waals surface area contributed by atoms with E-state index < -0.39 is 0 Å². The zero-order chi connectivity index (χ0) is 14.3. The van der Waals surface area contributed by atoms with E-state index in [0.29, 0.717) is 6.04 Å². The molecule has 0 aromatic heterocycles. The first-order valence-electron chi connectivity index (χ1n) is 8.90. The summed E-state index contributed by atoms with van der Waals surface area (Å²) >= 11 is 0. The van der Waals surface area contributed by atoms with Crippen LogP contribution in [-0.2, 0) is 0 Å². The lowest BCUT2D eigenvalue weighted by molar-refractivity contribution is 0.328. The van der Waals surface area contributed by atoms with Crippen LogP contribution in [0.15, 0.2) is 42.0 Å². The van der Waals surface area contributed by atoms with Gasteiger partial charge in [-0.25, -0.2) is 0 Å². The zero-order valence-corrected chi connectivity index (χ0v) is 13.2. The maximum absolute atomic E-state index is 3.88. The van der Waals surface area contributed by atoms with Crippen molar-refractivity contribution in [2.24, 2.45) is 0 Å². The first-order chi connectivity index (χ1) is 10.4. The average molecular weight is 283 g/mol. The van der Waals surface area contributed by atoms with Gasteiger partial charge in [-0.15, -0.1) is 0 Å². The van der Waals surface area contributed by atoms with Crippen LogP contribution >= 0.6 is 0 Å². The lowest BCUT2D eigenvalue weighted by atomic mass is 9.80. The molecular formula is C20H29N. The fraction of sp³-hybridized carbons (Fsp3) is 0.600. The lowest BCUT2D eigenvalue weighted by Crippen LogP contribution is -2.37. The van der Waals surface area contributed by atoms with Gasteiger partial charge in [0.2, 0.25) is 0 Å². The van der Waals surface area contributed by atoms with E-state index in [0.717, 1.165) is 5.92 Å². The van der Waals surface area contributed by atoms with Crippen molar-refractivity contribution in [3.8, 4) is 0 Å². The quantitative estimate of drug-likeness (QED) is 0.733. The second-order valence-corrected chi connectivity index (χ2v) is 6.72. The second-order valence-electron chi connectivity index (χ2n) is 6.72. The molecule has 0 aliphatic heterocycles. The summed E-state index contributed by atoms with van der Waals surface area (Å²) in [5.74, 6) is 0.722. The van der Waals surface area contributed by atoms with Gasteiger partial charge < -0.3 is 5.32 Å². The van der Waals surface area contributed by atoms with Crippen molar-refractivity contribution in [1.29, 1.82) is 0 Å². The van der Waals surface area contributed by atoms with Crippen LogP contribution in [0.2, 0.25) is 0 Å². The highest BCUT2D eigenvalue weighted by Gasteiger charge is 2.25. The van der Waals surface area contributed by atoms with Crippen molar-refractivity contribution in [3.05, 3.63) is 47.5 Å². The smallest absolute Gasteiger partial charge is 0.0136 e. The van der Waals surface area contributed by atoms with Gasteiger partial charge in [-0.1, -0.05) is 54.8 Å². The maximum Gasteiger partial charge on any atom is 0.0136 e. The molecular weight excluding hydrogens is 254 g/mol. The highest BCUT2D eigenvalue weighted by Crippen LogP contribution is 2.33. The monoisotopic (exact) mass is 283 g/mol. The Labute approximate surface area is 129 Å². The van der Waals surface area contributed by atoms with Gasteiger partial charge in [0.1, 0.15) is 0 Å². The molecule has 0 amide bonds. The van der Waals surface area contributed by atoms with Crippen LogP contribution in [0, 0.1) is 0 Å². The molecule has 21 heavy (non-hydrogen) atoms. The topological polar surface area (TPSA) is 12.0 Å². The minimum Gasteiger partial charge on any atom is -0.313 e. The van der Waals surface area contributed by atoms with Crippen LogP contribution in [0.25, 0.3) is 0 Å². The van der Waals surface area contributed by atoms with Gasteiger partial charge in [-0.3, -0.25) is 0 Å². The predicted octanol–water partition coefficient (Wildman–Crippen LogP) is 5.19. The number of rotatable bonds is 5. The van der Waals surface area contributed by atoms with E-state index in [1.807, 2.05) is 0 Å². The second kappa shape index (κ2) is 7.79. The molecule has 1 nitrogen and oxygen atoms in total. The third kappa shape index (κ3) is 4.20. The largest absolute Gasteiger partial charge is 0.313 e. The van der Waals surface area contributed by atoms with Crippen LogP contribution in [-0.4, -0.2) is 12.6 Å². The molecule has 2 atom stereocenters. The Morgan fingerprint density at radius 2 is 1.81 bits per heavy atom. The van der Waals surface area contributed by atoms with E-state index in [4.69, 9.17) is 0 Å². The van der Waals surface area contributed by atoms with Crippen molar-refractivity contribution in [3.63, 3.8) is 0 Å². The SMILES string of the molecule is C1=C(CCNC2CCCCC2c2ccccc2)CCCC1. The molecule has 3 rings (SSSR count). The number of hydrogen-bond donors (Lipinski definition) is 1. The Kier molecular flexibility index (Phi) is 5.51. The first-order valence-corrected chi connectivity index (χ1v) is 8.90. The summed E-state index contributed by atoms with van der Waals surface area (Å²) in [4.78, 5) is 0. The van der Waals surface area contributed by atoms with Gasteiger partial charge in [0, 0.05) is 6.04 Å². The van der Waals surface area contributed by atoms with Crippen LogP contribution in [0.4, 0.5) is 0 Å². The molecule has 1 aromatic carbocycles. The summed E-state index contributed by atoms with van der Waals surface area (Å²) in [6.07, 6.45) is 14.7. The molecule has 0 bridgehead atoms. The molecule has 1 saturated carbocycles. The van der Waals surface area contributed by atoms with Crippen LogP contribution in [0.1, 0.15) is 69.3 Å². The van der Waals surface area contributed by atoms with Gasteiger partial charge in [0.05, 0.1) is 0 Å². The Balaban J connectivity index is 1.53. The van der Waals surface area contributed by atoms with Crippen molar-refractivity contribution in [2.45, 2.75) is 69.7 Å². The Hall–Kier alpha value is -1.08. The highest BCUT2D eigenvalue weighted by molar-refractivity contribution is 5.22. The van der Waals surface area contributed by atoms with Crippen molar-refractivity contribution in [1.82, 2.24) is 5.32 Å². The third-order valence-corrected chi connectivity index (χ3v) is 5.23. The number of hydrogen-bond acceptors (Lipinski definition) is 1. The van der Waals surface area contributed by atoms with Gasteiger partial charge in [0.25, 0.3) is 0 Å². The summed E-state index contributed by atoms with van der Waals surface area (Å²) in [5, 5.41) is 3.88. The van der Waals surface area contributed by atoms with Gasteiger partial charge >= 0.3 is 0 Å². The van der Waals surface area contributed by atoms with Gasteiger partial charge in [-0.05, 0) is 63.0 Å². The normalized spacial score (nSPS) is 26.4. The third-order valence-electron chi connectivity index (χ3n) is 5.23. The molecule has 0 heterocycles. The lowest BCUT2D eigenvalue weighted by Gasteiger charge is -2.33. The Bertz CT molecular complexity index is 448. The Morgan fingerprint density at radius 3 is 2.62 bits per heavy atom. The summed E-state index contributed by atoms with van der Waals surface area (Å²) in [7, 11) is 0. The van der Waals surface area contributed by atoms with Gasteiger partial charge in [-0.2, -0.15) is 0 Å². The summed E-state index contributed by atoms with van der Waals surface area (Å²) in [6.45, 7) is 1.17. The summed E-state index contributed by atoms with van der Waals surface area (Å²) in [6, 6.07) is 11.8. The highest BCUT2D eigenvalue weighted by atomic mass is 14.9. The molecule has 0 spiro atoms. The zero-order valence-electron chi connectivity index (χ0n) is 13.2. The fourth-order valence-corrected chi connectivity index (χ4v) is 4.02. The number of allylic oxidation sites excluding steroid dienone is 1. The molecule has 1 aromatic rings. The summed E-state index contributed by atoms with van der Waals surface area (Å²) < 4.78 is 0. The van der Waals surface area contributed by atoms with E-state index in [9.17, 15) is 0 Å². The summed E-state index contributed by atoms with van der Waals surface area (Å²) in [5.41, 5.74) is 3.23. The fourth-order valence-electron chi connectivity index (χ4n) is 4.02. The molecule has 1 fully saturated rings. The van der Waals surface area contributed by atoms with E-state index in [2.05, 4.69) is 41.7 Å². The molecule has 1 N–H and O–H groups in total. The molecule has 0 radical (unpaired) electrons. The van der Waals surface area contributed by atoms with E-state index in [1.165, 1.54) is 69.9 Å². The maximum atomic E-state index is 3.88. The standard InChI is InChI=1S/C20H29N/c1-3-9-17(10-4-1)15-16-21-20-14-8-7-13-19(20)18-11-5-2-6-12-18/h2,5-6,9,11-12,19-21H,1,3-4,7-8,10,13-16H2. The van der Waals surface area contributed by atoms with Crippen LogP contribution in [0.3, 0.4) is 0 Å². The predicted molar refractivity (Wildman–Crippen MR) is 90.6 cm³/mol. The number of nitrogens with one attached hydrogen (secondary N) is 1. The van der Waals surface area contributed by atoms with E-state index in [1.54, 1.807) is 5.57 Å². The molecule has 0 saturated heterocycles. The van der Waals surface area contributed by atoms with Crippen molar-refractivity contribution in [2.75, 3.05) is 6.54 Å². The van der Waals surface area contributed by atoms with Gasteiger partial charge in [0.15, 0.2) is 0 Å². The number of benzene rings is 1. The molecule has 2 aliphatic rings. The van der Waals surface area contributed by atoms with Crippen molar-refractivity contribution >= 4 is 0 Å². The molecule has 114 valence electrons. The first kappa shape index (κ1) is 14.8. The van der Waals surface area contributed by atoms with E-state index >= 15 is 0 Å². The minimum absolute atomic E-state index is 0.686. The molecule has 1 heteroatoms. The van der Waals surface area contributed by atoms with Crippen LogP contribution < -0.4 is 5.32 Å². The molecule has 2 unspecified atom stereocenters.